The Morgan fingerprint density at radius 3 is 2.87 bits per heavy atom. The summed E-state index contributed by atoms with van der Waals surface area (Å²) in [5, 5.41) is 8.35. The van der Waals surface area contributed by atoms with Gasteiger partial charge in [0.25, 0.3) is 0 Å². The topological polar surface area (TPSA) is 93.5 Å². The number of nitrogens with zero attached hydrogens (tertiary/aromatic N) is 5. The maximum absolute atomic E-state index is 5.75. The Morgan fingerprint density at radius 2 is 2.13 bits per heavy atom. The van der Waals surface area contributed by atoms with Crippen LogP contribution in [0.25, 0.3) is 22.3 Å². The molecule has 0 amide bonds. The molecule has 1 atom stereocenters. The largest absolute Gasteiger partial charge is 0.477 e. The molecule has 0 saturated heterocycles. The van der Waals surface area contributed by atoms with Gasteiger partial charge >= 0.3 is 0 Å². The van der Waals surface area contributed by atoms with Crippen LogP contribution >= 0.6 is 0 Å². The smallest absolute Gasteiger partial charge is 0.222 e. The molecule has 0 aliphatic heterocycles. The van der Waals surface area contributed by atoms with Crippen molar-refractivity contribution in [1.29, 1.82) is 0 Å². The lowest BCUT2D eigenvalue weighted by Gasteiger charge is -2.16. The van der Waals surface area contributed by atoms with Crippen LogP contribution in [0.1, 0.15) is 44.6 Å². The third-order valence-electron chi connectivity index (χ3n) is 5.17. The predicted molar refractivity (Wildman–Crippen MR) is 118 cm³/mol. The molecule has 8 nitrogen and oxygen atoms in total. The molecule has 4 rings (SSSR count). The predicted octanol–water partition coefficient (Wildman–Crippen LogP) is 4.51. The molecule has 4 heterocycles. The van der Waals surface area contributed by atoms with Gasteiger partial charge in [-0.1, -0.05) is 6.92 Å². The second-order valence-electron chi connectivity index (χ2n) is 7.24. The monoisotopic (exact) mass is 405 g/mol. The summed E-state index contributed by atoms with van der Waals surface area (Å²) < 4.78 is 7.82. The van der Waals surface area contributed by atoms with Crippen LogP contribution in [0.4, 0.5) is 5.69 Å². The minimum atomic E-state index is 0.261. The van der Waals surface area contributed by atoms with Crippen molar-refractivity contribution in [3.63, 3.8) is 0 Å². The van der Waals surface area contributed by atoms with Crippen LogP contribution in [0.5, 0.6) is 5.88 Å². The Labute approximate surface area is 175 Å². The van der Waals surface area contributed by atoms with Crippen LogP contribution in [0, 0.1) is 6.92 Å². The summed E-state index contributed by atoms with van der Waals surface area (Å²) in [6.07, 6.45) is 6.28. The first-order valence-electron chi connectivity index (χ1n) is 10.3. The third kappa shape index (κ3) is 3.72. The molecular formula is C22H27N7O. The lowest BCUT2D eigenvalue weighted by atomic mass is 10.1. The number of aromatic amines is 1. The highest BCUT2D eigenvalue weighted by Gasteiger charge is 2.20. The van der Waals surface area contributed by atoms with Gasteiger partial charge in [-0.25, -0.2) is 15.0 Å². The molecule has 8 heteroatoms. The van der Waals surface area contributed by atoms with Gasteiger partial charge in [0, 0.05) is 18.4 Å². The summed E-state index contributed by atoms with van der Waals surface area (Å²) in [7, 11) is 0. The molecule has 156 valence electrons. The number of hydrogen-bond acceptors (Lipinski definition) is 6. The molecule has 0 saturated carbocycles. The van der Waals surface area contributed by atoms with Crippen molar-refractivity contribution in [2.45, 2.75) is 46.7 Å². The SMILES string of the molecule is CCOc1ncccc1-c1cc(NCc2c[nH]cn2)c2c(n1)c(C)nn2[C@@H](C)CC. The van der Waals surface area contributed by atoms with Gasteiger partial charge in [-0.2, -0.15) is 5.10 Å². The van der Waals surface area contributed by atoms with Crippen molar-refractivity contribution in [2.24, 2.45) is 0 Å². The first kappa shape index (κ1) is 19.9. The van der Waals surface area contributed by atoms with Crippen LogP contribution in [-0.2, 0) is 6.54 Å². The lowest BCUT2D eigenvalue weighted by Crippen LogP contribution is -2.09. The molecule has 0 fully saturated rings. The molecule has 30 heavy (non-hydrogen) atoms. The molecule has 0 spiro atoms. The maximum Gasteiger partial charge on any atom is 0.222 e. The average Bonchev–Trinajstić information content (AvgIpc) is 3.40. The summed E-state index contributed by atoms with van der Waals surface area (Å²) in [5.41, 5.74) is 6.34. The lowest BCUT2D eigenvalue weighted by molar-refractivity contribution is 0.328. The zero-order valence-corrected chi connectivity index (χ0v) is 17.8. The van der Waals surface area contributed by atoms with Gasteiger partial charge in [0.05, 0.1) is 47.8 Å². The van der Waals surface area contributed by atoms with Crippen molar-refractivity contribution >= 4 is 16.7 Å². The van der Waals surface area contributed by atoms with Gasteiger partial charge in [-0.15, -0.1) is 0 Å². The molecule has 0 aromatic carbocycles. The second kappa shape index (κ2) is 8.52. The van der Waals surface area contributed by atoms with Gasteiger partial charge in [0.1, 0.15) is 11.0 Å². The number of rotatable bonds is 8. The number of anilines is 1. The highest BCUT2D eigenvalue weighted by Crippen LogP contribution is 2.35. The zero-order valence-electron chi connectivity index (χ0n) is 17.8. The number of H-pyrrole nitrogens is 1. The van der Waals surface area contributed by atoms with Crippen LogP contribution < -0.4 is 10.1 Å². The number of aromatic nitrogens is 6. The molecule has 4 aromatic heterocycles. The summed E-state index contributed by atoms with van der Waals surface area (Å²) in [5.74, 6) is 0.581. The normalized spacial score (nSPS) is 12.3. The minimum absolute atomic E-state index is 0.261. The quantitative estimate of drug-likeness (QED) is 0.448. The van der Waals surface area contributed by atoms with E-state index in [-0.39, 0.29) is 6.04 Å². The Kier molecular flexibility index (Phi) is 5.65. The number of aryl methyl sites for hydroxylation is 1. The van der Waals surface area contributed by atoms with E-state index >= 15 is 0 Å². The first-order chi connectivity index (χ1) is 14.6. The highest BCUT2D eigenvalue weighted by atomic mass is 16.5. The van der Waals surface area contributed by atoms with Crippen LogP contribution in [0.2, 0.25) is 0 Å². The fraction of sp³-hybridized carbons (Fsp3) is 0.364. The average molecular weight is 406 g/mol. The van der Waals surface area contributed by atoms with E-state index in [4.69, 9.17) is 14.8 Å². The van der Waals surface area contributed by atoms with E-state index in [1.807, 2.05) is 32.2 Å². The van der Waals surface area contributed by atoms with Crippen molar-refractivity contribution < 1.29 is 4.74 Å². The molecule has 2 N–H and O–H groups in total. The number of imidazole rings is 1. The van der Waals surface area contributed by atoms with E-state index in [1.165, 1.54) is 0 Å². The minimum Gasteiger partial charge on any atom is -0.477 e. The fourth-order valence-electron chi connectivity index (χ4n) is 3.46. The van der Waals surface area contributed by atoms with Gasteiger partial charge in [-0.05, 0) is 45.4 Å². The van der Waals surface area contributed by atoms with Crippen LogP contribution in [0.15, 0.2) is 36.9 Å². The Bertz CT molecular complexity index is 1130. The number of ether oxygens (including phenoxy) is 1. The molecule has 0 aliphatic rings. The molecule has 0 unspecified atom stereocenters. The zero-order chi connectivity index (χ0) is 21.1. The van der Waals surface area contributed by atoms with Gasteiger partial charge in [-0.3, -0.25) is 4.68 Å². The van der Waals surface area contributed by atoms with Crippen molar-refractivity contribution in [2.75, 3.05) is 11.9 Å². The fourth-order valence-corrected chi connectivity index (χ4v) is 3.46. The summed E-state index contributed by atoms with van der Waals surface area (Å²) in [4.78, 5) is 16.7. The van der Waals surface area contributed by atoms with E-state index < -0.39 is 0 Å². The molecule has 0 bridgehead atoms. The van der Waals surface area contributed by atoms with Crippen molar-refractivity contribution in [3.05, 3.63) is 48.3 Å². The van der Waals surface area contributed by atoms with Crippen LogP contribution in [-0.4, -0.2) is 36.3 Å². The standard InChI is InChI=1S/C22H27N7O/c1-5-14(3)29-21-19(25-12-16-11-23-13-26-16)10-18(27-20(21)15(4)28-29)17-8-7-9-24-22(17)30-6-2/h7-11,13-14H,5-6,12H2,1-4H3,(H,23,26)(H,25,27)/t14-/m0/s1. The van der Waals surface area contributed by atoms with E-state index in [2.05, 4.69) is 44.9 Å². The van der Waals surface area contributed by atoms with E-state index in [0.29, 0.717) is 19.0 Å². The molecule has 0 aliphatic carbocycles. The Balaban J connectivity index is 1.88. The number of hydrogen-bond donors (Lipinski definition) is 2. The van der Waals surface area contributed by atoms with Gasteiger partial charge in [0.2, 0.25) is 5.88 Å². The third-order valence-corrected chi connectivity index (χ3v) is 5.17. The first-order valence-corrected chi connectivity index (χ1v) is 10.3. The van der Waals surface area contributed by atoms with E-state index in [9.17, 15) is 0 Å². The van der Waals surface area contributed by atoms with Gasteiger partial charge in [0.15, 0.2) is 0 Å². The molecular weight excluding hydrogens is 378 g/mol. The van der Waals surface area contributed by atoms with Gasteiger partial charge < -0.3 is 15.0 Å². The molecule has 4 aromatic rings. The number of pyridine rings is 2. The highest BCUT2D eigenvalue weighted by molar-refractivity contribution is 5.93. The van der Waals surface area contributed by atoms with Crippen molar-refractivity contribution in [1.82, 2.24) is 29.7 Å². The van der Waals surface area contributed by atoms with Crippen molar-refractivity contribution in [3.8, 4) is 17.1 Å². The van der Waals surface area contributed by atoms with E-state index in [0.717, 1.165) is 45.8 Å². The maximum atomic E-state index is 5.75. The number of fused-ring (bicyclic) bond motifs is 1. The Morgan fingerprint density at radius 1 is 1.27 bits per heavy atom. The van der Waals surface area contributed by atoms with E-state index in [1.54, 1.807) is 12.5 Å². The summed E-state index contributed by atoms with van der Waals surface area (Å²) >= 11 is 0. The Hall–Kier alpha value is -3.42. The number of nitrogens with one attached hydrogen (secondary N) is 2. The summed E-state index contributed by atoms with van der Waals surface area (Å²) in [6, 6.07) is 6.19. The molecule has 0 radical (unpaired) electrons. The second-order valence-corrected chi connectivity index (χ2v) is 7.24. The van der Waals surface area contributed by atoms with Crippen LogP contribution in [0.3, 0.4) is 0 Å². The summed E-state index contributed by atoms with van der Waals surface area (Å²) in [6.45, 7) is 9.43.